The van der Waals surface area contributed by atoms with E-state index in [0.717, 1.165) is 11.4 Å². The average Bonchev–Trinajstić information content (AvgIpc) is 3.23. The van der Waals surface area contributed by atoms with Gasteiger partial charge in [-0.2, -0.15) is 0 Å². The molecule has 7 nitrogen and oxygen atoms in total. The summed E-state index contributed by atoms with van der Waals surface area (Å²) in [5.74, 6) is 1.54. The highest BCUT2D eigenvalue weighted by Gasteiger charge is 2.20. The summed E-state index contributed by atoms with van der Waals surface area (Å²) in [4.78, 5) is 8.51. The lowest BCUT2D eigenvalue weighted by Gasteiger charge is -2.05. The molecule has 0 atom stereocenters. The Morgan fingerprint density at radius 1 is 1.28 bits per heavy atom. The van der Waals surface area contributed by atoms with E-state index < -0.39 is 10.0 Å². The molecule has 132 valence electrons. The number of aromatic nitrogens is 3. The van der Waals surface area contributed by atoms with Crippen LogP contribution in [-0.2, 0) is 23.6 Å². The highest BCUT2D eigenvalue weighted by molar-refractivity contribution is 7.89. The molecule has 1 N–H and O–H groups in total. The molecular weight excluding hydrogens is 340 g/mol. The number of nitrogens with zero attached hydrogens (tertiary/aromatic N) is 3. The molecule has 0 aliphatic carbocycles. The highest BCUT2D eigenvalue weighted by Crippen LogP contribution is 2.18. The third kappa shape index (κ3) is 3.80. The summed E-state index contributed by atoms with van der Waals surface area (Å²) in [7, 11) is -1.88. The summed E-state index contributed by atoms with van der Waals surface area (Å²) in [6, 6.07) is 7.21. The fourth-order valence-corrected chi connectivity index (χ4v) is 3.48. The van der Waals surface area contributed by atoms with Crippen molar-refractivity contribution in [2.75, 3.05) is 0 Å². The van der Waals surface area contributed by atoms with E-state index in [1.165, 1.54) is 6.20 Å². The monoisotopic (exact) mass is 360 g/mol. The quantitative estimate of drug-likeness (QED) is 0.730. The molecule has 25 heavy (non-hydrogen) atoms. The second-order valence-electron chi connectivity index (χ2n) is 6.06. The van der Waals surface area contributed by atoms with Gasteiger partial charge in [0.15, 0.2) is 10.8 Å². The van der Waals surface area contributed by atoms with E-state index in [0.29, 0.717) is 11.5 Å². The maximum atomic E-state index is 12.4. The zero-order valence-corrected chi connectivity index (χ0v) is 15.1. The molecule has 0 unspecified atom stereocenters. The number of sulfonamides is 1. The van der Waals surface area contributed by atoms with Crippen molar-refractivity contribution in [1.82, 2.24) is 19.3 Å². The Balaban J connectivity index is 1.71. The van der Waals surface area contributed by atoms with Crippen LogP contribution in [0.1, 0.15) is 31.2 Å². The van der Waals surface area contributed by atoms with Crippen LogP contribution in [0.3, 0.4) is 0 Å². The molecular formula is C17H20N4O3S. The lowest BCUT2D eigenvalue weighted by molar-refractivity contribution is 0.576. The molecule has 0 amide bonds. The van der Waals surface area contributed by atoms with Gasteiger partial charge in [0.25, 0.3) is 10.0 Å². The minimum Gasteiger partial charge on any atom is -0.463 e. The zero-order valence-electron chi connectivity index (χ0n) is 14.3. The molecule has 0 spiro atoms. The minimum atomic E-state index is -3.68. The number of imidazole rings is 1. The first-order chi connectivity index (χ1) is 11.9. The van der Waals surface area contributed by atoms with Crippen molar-refractivity contribution < 1.29 is 12.8 Å². The van der Waals surface area contributed by atoms with E-state index in [-0.39, 0.29) is 17.5 Å². The predicted octanol–water partition coefficient (Wildman–Crippen LogP) is 2.68. The van der Waals surface area contributed by atoms with Gasteiger partial charge in [0, 0.05) is 31.9 Å². The van der Waals surface area contributed by atoms with Gasteiger partial charge in [-0.25, -0.2) is 18.1 Å². The van der Waals surface area contributed by atoms with E-state index in [9.17, 15) is 8.42 Å². The molecule has 3 aromatic rings. The SMILES string of the molecule is CC(C)c1nc(S(=O)(=O)NCc2ccc(-c3ccco3)nc2)cn1C. The number of aryl methyl sites for hydroxylation is 1. The van der Waals surface area contributed by atoms with Crippen molar-refractivity contribution in [3.63, 3.8) is 0 Å². The van der Waals surface area contributed by atoms with Crippen molar-refractivity contribution in [3.8, 4) is 11.5 Å². The maximum absolute atomic E-state index is 12.4. The molecule has 8 heteroatoms. The maximum Gasteiger partial charge on any atom is 0.259 e. The largest absolute Gasteiger partial charge is 0.463 e. The Hall–Kier alpha value is -2.45. The van der Waals surface area contributed by atoms with Crippen LogP contribution in [0.2, 0.25) is 0 Å². The van der Waals surface area contributed by atoms with Gasteiger partial charge in [0.1, 0.15) is 11.5 Å². The number of furan rings is 1. The molecule has 3 rings (SSSR count). The second-order valence-corrected chi connectivity index (χ2v) is 7.77. The Morgan fingerprint density at radius 3 is 2.64 bits per heavy atom. The molecule has 0 aliphatic rings. The third-order valence-corrected chi connectivity index (χ3v) is 5.02. The zero-order chi connectivity index (χ0) is 18.0. The van der Waals surface area contributed by atoms with Gasteiger partial charge in [0.05, 0.1) is 6.26 Å². The molecule has 0 aromatic carbocycles. The Morgan fingerprint density at radius 2 is 2.08 bits per heavy atom. The Kier molecular flexibility index (Phi) is 4.73. The minimum absolute atomic E-state index is 0.0267. The van der Waals surface area contributed by atoms with Gasteiger partial charge in [-0.15, -0.1) is 0 Å². The predicted molar refractivity (Wildman–Crippen MR) is 93.3 cm³/mol. The van der Waals surface area contributed by atoms with Crippen LogP contribution in [0.4, 0.5) is 0 Å². The van der Waals surface area contributed by atoms with E-state index in [2.05, 4.69) is 14.7 Å². The van der Waals surface area contributed by atoms with Gasteiger partial charge < -0.3 is 8.98 Å². The fraction of sp³-hybridized carbons (Fsp3) is 0.294. The van der Waals surface area contributed by atoms with Gasteiger partial charge in [-0.1, -0.05) is 19.9 Å². The number of nitrogens with one attached hydrogen (secondary N) is 1. The standard InChI is InChI=1S/C17H20N4O3S/c1-12(2)17-20-16(11-21(17)3)25(22,23)19-10-13-6-7-14(18-9-13)15-5-4-8-24-15/h4-9,11-12,19H,10H2,1-3H3. The van der Waals surface area contributed by atoms with Crippen molar-refractivity contribution >= 4 is 10.0 Å². The number of pyridine rings is 1. The molecule has 0 saturated carbocycles. The first-order valence-electron chi connectivity index (χ1n) is 7.88. The van der Waals surface area contributed by atoms with Crippen LogP contribution in [0.5, 0.6) is 0 Å². The lowest BCUT2D eigenvalue weighted by Crippen LogP contribution is -2.23. The van der Waals surface area contributed by atoms with Crippen molar-refractivity contribution in [2.45, 2.75) is 31.3 Å². The van der Waals surface area contributed by atoms with Gasteiger partial charge in [-0.3, -0.25) is 4.98 Å². The summed E-state index contributed by atoms with van der Waals surface area (Å²) < 4.78 is 34.4. The summed E-state index contributed by atoms with van der Waals surface area (Å²) in [5.41, 5.74) is 1.45. The molecule has 0 radical (unpaired) electrons. The van der Waals surface area contributed by atoms with Crippen LogP contribution in [0.15, 0.2) is 52.4 Å². The van der Waals surface area contributed by atoms with Crippen LogP contribution < -0.4 is 4.72 Å². The Bertz CT molecular complexity index is 942. The number of hydrogen-bond donors (Lipinski definition) is 1. The lowest BCUT2D eigenvalue weighted by atomic mass is 10.2. The summed E-state index contributed by atoms with van der Waals surface area (Å²) >= 11 is 0. The van der Waals surface area contributed by atoms with E-state index in [1.807, 2.05) is 26.0 Å². The smallest absolute Gasteiger partial charge is 0.259 e. The summed E-state index contributed by atoms with van der Waals surface area (Å²) in [6.07, 6.45) is 4.73. The molecule has 3 aromatic heterocycles. The number of rotatable bonds is 6. The summed E-state index contributed by atoms with van der Waals surface area (Å²) in [5, 5.41) is 0.0267. The van der Waals surface area contributed by atoms with Crippen molar-refractivity contribution in [1.29, 1.82) is 0 Å². The molecule has 0 saturated heterocycles. The first kappa shape index (κ1) is 17.4. The van der Waals surface area contributed by atoms with Gasteiger partial charge in [-0.05, 0) is 23.8 Å². The topological polar surface area (TPSA) is 90.0 Å². The van der Waals surface area contributed by atoms with Crippen LogP contribution in [0.25, 0.3) is 11.5 Å². The van der Waals surface area contributed by atoms with Crippen molar-refractivity contribution in [3.05, 3.63) is 54.3 Å². The van der Waals surface area contributed by atoms with Gasteiger partial charge in [0.2, 0.25) is 0 Å². The number of hydrogen-bond acceptors (Lipinski definition) is 5. The van der Waals surface area contributed by atoms with Crippen molar-refractivity contribution in [2.24, 2.45) is 7.05 Å². The molecule has 0 aliphatic heterocycles. The summed E-state index contributed by atoms with van der Waals surface area (Å²) in [6.45, 7) is 4.08. The third-order valence-electron chi connectivity index (χ3n) is 3.75. The Labute approximate surface area is 146 Å². The fourth-order valence-electron chi connectivity index (χ4n) is 2.47. The average molecular weight is 360 g/mol. The normalized spacial score (nSPS) is 12.0. The van der Waals surface area contributed by atoms with E-state index in [4.69, 9.17) is 4.42 Å². The van der Waals surface area contributed by atoms with Crippen LogP contribution >= 0.6 is 0 Å². The van der Waals surface area contributed by atoms with E-state index >= 15 is 0 Å². The first-order valence-corrected chi connectivity index (χ1v) is 9.37. The van der Waals surface area contributed by atoms with Crippen LogP contribution in [-0.4, -0.2) is 23.0 Å². The second kappa shape index (κ2) is 6.81. The molecule has 3 heterocycles. The highest BCUT2D eigenvalue weighted by atomic mass is 32.2. The van der Waals surface area contributed by atoms with Gasteiger partial charge >= 0.3 is 0 Å². The molecule has 0 fully saturated rings. The van der Waals surface area contributed by atoms with Crippen LogP contribution in [0, 0.1) is 0 Å². The molecule has 0 bridgehead atoms. The van der Waals surface area contributed by atoms with E-state index in [1.54, 1.807) is 36.2 Å².